The number of nitrogens with one attached hydrogen (secondary N) is 1. The maximum Gasteiger partial charge on any atom is 0.0323 e. The third kappa shape index (κ3) is 5.53. The predicted molar refractivity (Wildman–Crippen MR) is 83.9 cm³/mol. The van der Waals surface area contributed by atoms with Crippen molar-refractivity contribution in [1.29, 1.82) is 0 Å². The quantitative estimate of drug-likeness (QED) is 0.685. The molecule has 2 heteroatoms. The lowest BCUT2D eigenvalue weighted by Crippen LogP contribution is -2.24. The maximum atomic E-state index is 3.68. The number of hydrogen-bond acceptors (Lipinski definition) is 1. The van der Waals surface area contributed by atoms with Gasteiger partial charge in [-0.15, -0.1) is 0 Å². The molecule has 0 radical (unpaired) electrons. The zero-order valence-electron chi connectivity index (χ0n) is 11.9. The molecule has 0 bridgehead atoms. The van der Waals surface area contributed by atoms with Gasteiger partial charge < -0.3 is 5.32 Å². The fraction of sp³-hybridized carbons (Fsp3) is 0.625. The predicted octanol–water partition coefficient (Wildman–Crippen LogP) is 5.32. The van der Waals surface area contributed by atoms with Crippen LogP contribution in [-0.4, -0.2) is 6.54 Å². The highest BCUT2D eigenvalue weighted by Crippen LogP contribution is 2.25. The Hall–Kier alpha value is -0.340. The van der Waals surface area contributed by atoms with E-state index in [1.54, 1.807) is 0 Å². The molecule has 18 heavy (non-hydrogen) atoms. The summed E-state index contributed by atoms with van der Waals surface area (Å²) in [7, 11) is 0. The van der Waals surface area contributed by atoms with Gasteiger partial charge in [-0.1, -0.05) is 61.7 Å². The Labute approximate surface area is 120 Å². The zero-order valence-corrected chi connectivity index (χ0v) is 13.5. The standard InChI is InChI=1S/C16H26BrN/c1-4-7-13(3)11-16(18-10-5-2)14-8-6-9-15(17)12-14/h6,8-9,12-13,16,18H,4-5,7,10-11H2,1-3H3. The van der Waals surface area contributed by atoms with Gasteiger partial charge in [0.25, 0.3) is 0 Å². The van der Waals surface area contributed by atoms with E-state index in [9.17, 15) is 0 Å². The highest BCUT2D eigenvalue weighted by molar-refractivity contribution is 9.10. The summed E-state index contributed by atoms with van der Waals surface area (Å²) in [5.41, 5.74) is 1.40. The van der Waals surface area contributed by atoms with E-state index >= 15 is 0 Å². The van der Waals surface area contributed by atoms with E-state index in [0.29, 0.717) is 6.04 Å². The molecule has 0 amide bonds. The lowest BCUT2D eigenvalue weighted by Gasteiger charge is -2.23. The minimum Gasteiger partial charge on any atom is -0.310 e. The monoisotopic (exact) mass is 311 g/mol. The second kappa shape index (κ2) is 8.71. The third-order valence-corrected chi connectivity index (χ3v) is 3.80. The normalized spacial score (nSPS) is 14.4. The van der Waals surface area contributed by atoms with E-state index in [1.807, 2.05) is 0 Å². The first-order valence-electron chi connectivity index (χ1n) is 7.16. The minimum atomic E-state index is 0.490. The lowest BCUT2D eigenvalue weighted by atomic mass is 9.93. The van der Waals surface area contributed by atoms with Crippen molar-refractivity contribution in [1.82, 2.24) is 5.32 Å². The van der Waals surface area contributed by atoms with E-state index in [-0.39, 0.29) is 0 Å². The van der Waals surface area contributed by atoms with Gasteiger partial charge in [0.15, 0.2) is 0 Å². The number of hydrogen-bond donors (Lipinski definition) is 1. The summed E-state index contributed by atoms with van der Waals surface area (Å²) >= 11 is 3.57. The average molecular weight is 312 g/mol. The number of halogens is 1. The van der Waals surface area contributed by atoms with Crippen LogP contribution >= 0.6 is 15.9 Å². The van der Waals surface area contributed by atoms with E-state index in [1.165, 1.54) is 35.7 Å². The molecule has 2 unspecified atom stereocenters. The fourth-order valence-electron chi connectivity index (χ4n) is 2.39. The van der Waals surface area contributed by atoms with Crippen molar-refractivity contribution in [2.75, 3.05) is 6.54 Å². The Morgan fingerprint density at radius 3 is 2.61 bits per heavy atom. The van der Waals surface area contributed by atoms with Gasteiger partial charge in [-0.05, 0) is 43.0 Å². The lowest BCUT2D eigenvalue weighted by molar-refractivity contribution is 0.390. The highest BCUT2D eigenvalue weighted by atomic mass is 79.9. The molecule has 1 N–H and O–H groups in total. The molecule has 0 fully saturated rings. The van der Waals surface area contributed by atoms with Gasteiger partial charge in [-0.3, -0.25) is 0 Å². The molecular weight excluding hydrogens is 286 g/mol. The molecule has 0 aliphatic heterocycles. The molecule has 1 aromatic rings. The summed E-state index contributed by atoms with van der Waals surface area (Å²) in [5.74, 6) is 0.781. The van der Waals surface area contributed by atoms with Crippen molar-refractivity contribution in [2.24, 2.45) is 5.92 Å². The third-order valence-electron chi connectivity index (χ3n) is 3.31. The number of rotatable bonds is 8. The van der Waals surface area contributed by atoms with Crippen molar-refractivity contribution >= 4 is 15.9 Å². The first kappa shape index (κ1) is 15.7. The van der Waals surface area contributed by atoms with Crippen LogP contribution in [0, 0.1) is 5.92 Å². The first-order valence-corrected chi connectivity index (χ1v) is 7.95. The summed E-state index contributed by atoms with van der Waals surface area (Å²) in [6.07, 6.45) is 5.01. The Morgan fingerprint density at radius 2 is 2.00 bits per heavy atom. The van der Waals surface area contributed by atoms with Crippen molar-refractivity contribution in [3.8, 4) is 0 Å². The van der Waals surface area contributed by atoms with Crippen LogP contribution < -0.4 is 5.32 Å². The van der Waals surface area contributed by atoms with Crippen LogP contribution in [0.3, 0.4) is 0 Å². The molecule has 0 heterocycles. The second-order valence-corrected chi connectivity index (χ2v) is 6.11. The van der Waals surface area contributed by atoms with Crippen LogP contribution in [0.5, 0.6) is 0 Å². The molecule has 0 aliphatic carbocycles. The van der Waals surface area contributed by atoms with Crippen LogP contribution in [0.2, 0.25) is 0 Å². The van der Waals surface area contributed by atoms with Gasteiger partial charge in [0.05, 0.1) is 0 Å². The van der Waals surface area contributed by atoms with Gasteiger partial charge in [-0.25, -0.2) is 0 Å². The first-order chi connectivity index (χ1) is 8.67. The van der Waals surface area contributed by atoms with Crippen molar-refractivity contribution in [2.45, 2.75) is 52.5 Å². The minimum absolute atomic E-state index is 0.490. The van der Waals surface area contributed by atoms with Gasteiger partial charge in [0, 0.05) is 10.5 Å². The zero-order chi connectivity index (χ0) is 13.4. The summed E-state index contributed by atoms with van der Waals surface area (Å²) < 4.78 is 1.17. The fourth-order valence-corrected chi connectivity index (χ4v) is 2.81. The summed E-state index contributed by atoms with van der Waals surface area (Å²) in [6, 6.07) is 9.19. The smallest absolute Gasteiger partial charge is 0.0323 e. The molecular formula is C16H26BrN. The Balaban J connectivity index is 2.70. The van der Waals surface area contributed by atoms with Crippen molar-refractivity contribution < 1.29 is 0 Å². The van der Waals surface area contributed by atoms with Crippen LogP contribution in [-0.2, 0) is 0 Å². The molecule has 1 aromatic carbocycles. The molecule has 0 saturated heterocycles. The highest BCUT2D eigenvalue weighted by Gasteiger charge is 2.14. The summed E-state index contributed by atoms with van der Waals surface area (Å²) in [5, 5.41) is 3.68. The van der Waals surface area contributed by atoms with E-state index in [0.717, 1.165) is 12.5 Å². The maximum absolute atomic E-state index is 3.68. The molecule has 0 aromatic heterocycles. The van der Waals surface area contributed by atoms with Crippen molar-refractivity contribution in [3.63, 3.8) is 0 Å². The summed E-state index contributed by atoms with van der Waals surface area (Å²) in [4.78, 5) is 0. The van der Waals surface area contributed by atoms with Gasteiger partial charge in [-0.2, -0.15) is 0 Å². The molecule has 1 rings (SSSR count). The Morgan fingerprint density at radius 1 is 1.22 bits per heavy atom. The molecule has 0 saturated carbocycles. The van der Waals surface area contributed by atoms with Crippen LogP contribution in [0.4, 0.5) is 0 Å². The van der Waals surface area contributed by atoms with E-state index < -0.39 is 0 Å². The summed E-state index contributed by atoms with van der Waals surface area (Å²) in [6.45, 7) is 7.95. The van der Waals surface area contributed by atoms with Gasteiger partial charge >= 0.3 is 0 Å². The molecule has 102 valence electrons. The van der Waals surface area contributed by atoms with Crippen LogP contribution in [0.15, 0.2) is 28.7 Å². The topological polar surface area (TPSA) is 12.0 Å². The van der Waals surface area contributed by atoms with Crippen molar-refractivity contribution in [3.05, 3.63) is 34.3 Å². The molecule has 2 atom stereocenters. The van der Waals surface area contributed by atoms with Crippen LogP contribution in [0.25, 0.3) is 0 Å². The molecule has 0 spiro atoms. The van der Waals surface area contributed by atoms with Gasteiger partial charge in [0.2, 0.25) is 0 Å². The molecule has 1 nitrogen and oxygen atoms in total. The van der Waals surface area contributed by atoms with Gasteiger partial charge in [0.1, 0.15) is 0 Å². The Bertz CT molecular complexity index is 338. The number of benzene rings is 1. The SMILES string of the molecule is CCCNC(CC(C)CCC)c1cccc(Br)c1. The Kier molecular flexibility index (Phi) is 7.60. The van der Waals surface area contributed by atoms with E-state index in [2.05, 4.69) is 66.3 Å². The average Bonchev–Trinajstić information content (AvgIpc) is 2.34. The van der Waals surface area contributed by atoms with E-state index in [4.69, 9.17) is 0 Å². The molecule has 0 aliphatic rings. The largest absolute Gasteiger partial charge is 0.310 e. The second-order valence-electron chi connectivity index (χ2n) is 5.19. The van der Waals surface area contributed by atoms with Crippen LogP contribution in [0.1, 0.15) is 58.1 Å².